The lowest BCUT2D eigenvalue weighted by atomic mass is 9.85. The van der Waals surface area contributed by atoms with E-state index in [0.717, 1.165) is 5.71 Å². The summed E-state index contributed by atoms with van der Waals surface area (Å²) in [5, 5.41) is 0. The fraction of sp³-hybridized carbons (Fsp3) is 0.526. The molecule has 2 rings (SSSR count). The molecule has 0 amide bonds. The van der Waals surface area contributed by atoms with Crippen LogP contribution in [0.4, 0.5) is 0 Å². The quantitative estimate of drug-likeness (QED) is 0.666. The van der Waals surface area contributed by atoms with Gasteiger partial charge in [-0.2, -0.15) is 0 Å². The third-order valence-electron chi connectivity index (χ3n) is 4.67. The van der Waals surface area contributed by atoms with Crippen molar-refractivity contribution in [3.05, 3.63) is 40.5 Å². The van der Waals surface area contributed by atoms with Crippen molar-refractivity contribution in [1.29, 1.82) is 0 Å². The standard InChI is InChI=1S/C19H27N/c1-6-14(3)17-12-10-16-9-7-13(2)8-11-18(16)19(17)15(4)20-5/h8,10-14H,6-7,9H2,1-5H3. The Kier molecular flexibility index (Phi) is 4.80. The molecule has 0 spiro atoms. The first-order valence-electron chi connectivity index (χ1n) is 7.86. The van der Waals surface area contributed by atoms with Crippen LogP contribution < -0.4 is 0 Å². The second kappa shape index (κ2) is 6.39. The van der Waals surface area contributed by atoms with Crippen molar-refractivity contribution in [2.45, 2.75) is 52.9 Å². The average Bonchev–Trinajstić information content (AvgIpc) is 2.66. The molecule has 0 bridgehead atoms. The summed E-state index contributed by atoms with van der Waals surface area (Å²) in [6.45, 7) is 9.02. The number of benzene rings is 1. The fourth-order valence-corrected chi connectivity index (χ4v) is 2.97. The first-order chi connectivity index (χ1) is 9.58. The molecule has 0 radical (unpaired) electrons. The van der Waals surface area contributed by atoms with Crippen molar-refractivity contribution in [2.75, 3.05) is 7.05 Å². The molecule has 2 unspecified atom stereocenters. The third-order valence-corrected chi connectivity index (χ3v) is 4.67. The van der Waals surface area contributed by atoms with Crippen molar-refractivity contribution in [1.82, 2.24) is 0 Å². The molecule has 0 aliphatic heterocycles. The van der Waals surface area contributed by atoms with Crippen LogP contribution in [-0.4, -0.2) is 12.8 Å². The predicted molar refractivity (Wildman–Crippen MR) is 89.8 cm³/mol. The maximum atomic E-state index is 4.48. The van der Waals surface area contributed by atoms with Crippen LogP contribution >= 0.6 is 0 Å². The lowest BCUT2D eigenvalue weighted by molar-refractivity contribution is 0.654. The Bertz CT molecular complexity index is 537. The Balaban J connectivity index is 2.66. The first kappa shape index (κ1) is 15.0. The van der Waals surface area contributed by atoms with Crippen LogP contribution in [0.25, 0.3) is 6.08 Å². The van der Waals surface area contributed by atoms with Gasteiger partial charge in [0.2, 0.25) is 0 Å². The zero-order valence-electron chi connectivity index (χ0n) is 13.5. The summed E-state index contributed by atoms with van der Waals surface area (Å²) in [4.78, 5) is 4.48. The van der Waals surface area contributed by atoms with Gasteiger partial charge in [-0.3, -0.25) is 4.99 Å². The summed E-state index contributed by atoms with van der Waals surface area (Å²) < 4.78 is 0. The van der Waals surface area contributed by atoms with Gasteiger partial charge in [0.05, 0.1) is 0 Å². The van der Waals surface area contributed by atoms with E-state index in [4.69, 9.17) is 0 Å². The molecule has 0 aromatic heterocycles. The van der Waals surface area contributed by atoms with Crippen LogP contribution in [0.1, 0.15) is 68.7 Å². The number of rotatable bonds is 3. The highest BCUT2D eigenvalue weighted by Crippen LogP contribution is 2.32. The maximum absolute atomic E-state index is 4.48. The van der Waals surface area contributed by atoms with Gasteiger partial charge in [0, 0.05) is 18.3 Å². The van der Waals surface area contributed by atoms with E-state index >= 15 is 0 Å². The molecule has 1 nitrogen and oxygen atoms in total. The molecule has 108 valence electrons. The summed E-state index contributed by atoms with van der Waals surface area (Å²) in [6, 6.07) is 4.67. The average molecular weight is 269 g/mol. The highest BCUT2D eigenvalue weighted by molar-refractivity contribution is 6.03. The van der Waals surface area contributed by atoms with Gasteiger partial charge < -0.3 is 0 Å². The minimum Gasteiger partial charge on any atom is -0.293 e. The number of aliphatic imine (C=N–C) groups is 1. The number of hydrogen-bond donors (Lipinski definition) is 0. The molecule has 0 saturated carbocycles. The molecule has 1 heteroatoms. The summed E-state index contributed by atoms with van der Waals surface area (Å²) in [6.07, 6.45) is 8.28. The van der Waals surface area contributed by atoms with E-state index < -0.39 is 0 Å². The molecule has 0 saturated heterocycles. The van der Waals surface area contributed by atoms with Crippen LogP contribution in [0.2, 0.25) is 0 Å². The Morgan fingerprint density at radius 2 is 2.15 bits per heavy atom. The van der Waals surface area contributed by atoms with E-state index in [2.05, 4.69) is 57.0 Å². The summed E-state index contributed by atoms with van der Waals surface area (Å²) in [5.74, 6) is 1.25. The Morgan fingerprint density at radius 1 is 1.40 bits per heavy atom. The molecule has 2 atom stereocenters. The topological polar surface area (TPSA) is 12.4 Å². The Labute approximate surface area is 123 Å². The Morgan fingerprint density at radius 3 is 2.80 bits per heavy atom. The van der Waals surface area contributed by atoms with Gasteiger partial charge in [0.25, 0.3) is 0 Å². The molecular formula is C19H27N. The summed E-state index contributed by atoms with van der Waals surface area (Å²) >= 11 is 0. The van der Waals surface area contributed by atoms with Crippen molar-refractivity contribution >= 4 is 11.8 Å². The number of hydrogen-bond acceptors (Lipinski definition) is 1. The number of nitrogens with zero attached hydrogens (tertiary/aromatic N) is 1. The van der Waals surface area contributed by atoms with Gasteiger partial charge in [-0.25, -0.2) is 0 Å². The number of fused-ring (bicyclic) bond motifs is 1. The van der Waals surface area contributed by atoms with Gasteiger partial charge in [-0.15, -0.1) is 0 Å². The van der Waals surface area contributed by atoms with E-state index in [1.807, 2.05) is 7.05 Å². The minimum atomic E-state index is 0.584. The number of allylic oxidation sites excluding steroid dienone is 1. The fourth-order valence-electron chi connectivity index (χ4n) is 2.97. The highest BCUT2D eigenvalue weighted by Gasteiger charge is 2.18. The van der Waals surface area contributed by atoms with E-state index in [9.17, 15) is 0 Å². The van der Waals surface area contributed by atoms with Gasteiger partial charge in [0.1, 0.15) is 0 Å². The molecule has 1 aliphatic carbocycles. The lowest BCUT2D eigenvalue weighted by Gasteiger charge is -2.20. The molecule has 0 heterocycles. The largest absolute Gasteiger partial charge is 0.293 e. The smallest absolute Gasteiger partial charge is 0.0395 e. The molecular weight excluding hydrogens is 242 g/mol. The van der Waals surface area contributed by atoms with Crippen molar-refractivity contribution in [3.8, 4) is 0 Å². The van der Waals surface area contributed by atoms with E-state index in [0.29, 0.717) is 11.8 Å². The second-order valence-electron chi connectivity index (χ2n) is 6.10. The number of aryl methyl sites for hydroxylation is 1. The van der Waals surface area contributed by atoms with Crippen LogP contribution in [0.15, 0.2) is 23.2 Å². The molecule has 1 aliphatic rings. The van der Waals surface area contributed by atoms with E-state index in [1.165, 1.54) is 41.5 Å². The van der Waals surface area contributed by atoms with Gasteiger partial charge in [-0.1, -0.05) is 45.1 Å². The SMILES string of the molecule is CCC(C)c1ccc2c(c1C(C)=NC)C=CC(C)CC2. The minimum absolute atomic E-state index is 0.584. The van der Waals surface area contributed by atoms with E-state index in [1.54, 1.807) is 0 Å². The third kappa shape index (κ3) is 2.87. The van der Waals surface area contributed by atoms with Gasteiger partial charge in [0.15, 0.2) is 0 Å². The van der Waals surface area contributed by atoms with Crippen LogP contribution in [0.5, 0.6) is 0 Å². The zero-order valence-corrected chi connectivity index (χ0v) is 13.5. The van der Waals surface area contributed by atoms with E-state index in [-0.39, 0.29) is 0 Å². The van der Waals surface area contributed by atoms with Crippen LogP contribution in [-0.2, 0) is 6.42 Å². The zero-order chi connectivity index (χ0) is 14.7. The second-order valence-corrected chi connectivity index (χ2v) is 6.10. The van der Waals surface area contributed by atoms with Crippen LogP contribution in [0.3, 0.4) is 0 Å². The molecule has 0 fully saturated rings. The lowest BCUT2D eigenvalue weighted by Crippen LogP contribution is -2.09. The molecule has 20 heavy (non-hydrogen) atoms. The predicted octanol–water partition coefficient (Wildman–Crippen LogP) is 5.23. The molecule has 0 N–H and O–H groups in total. The van der Waals surface area contributed by atoms with Crippen LogP contribution in [0, 0.1) is 5.92 Å². The Hall–Kier alpha value is -1.37. The summed E-state index contributed by atoms with van der Waals surface area (Å²) in [5.41, 5.74) is 6.89. The van der Waals surface area contributed by atoms with Crippen molar-refractivity contribution in [2.24, 2.45) is 10.9 Å². The summed E-state index contributed by atoms with van der Waals surface area (Å²) in [7, 11) is 1.90. The first-order valence-corrected chi connectivity index (χ1v) is 7.86. The molecule has 1 aromatic rings. The van der Waals surface area contributed by atoms with Gasteiger partial charge in [-0.05, 0) is 54.7 Å². The van der Waals surface area contributed by atoms with Crippen molar-refractivity contribution in [3.63, 3.8) is 0 Å². The highest BCUT2D eigenvalue weighted by atomic mass is 14.7. The molecule has 1 aromatic carbocycles. The van der Waals surface area contributed by atoms with Crippen molar-refractivity contribution < 1.29 is 0 Å². The van der Waals surface area contributed by atoms with Gasteiger partial charge >= 0.3 is 0 Å². The monoisotopic (exact) mass is 269 g/mol. The maximum Gasteiger partial charge on any atom is 0.0395 e. The normalized spacial score (nSPS) is 20.4.